The Morgan fingerprint density at radius 3 is 2.75 bits per heavy atom. The van der Waals surface area contributed by atoms with Crippen molar-refractivity contribution in [1.29, 1.82) is 0 Å². The molecule has 0 atom stereocenters. The predicted molar refractivity (Wildman–Crippen MR) is 60.6 cm³/mol. The molecule has 0 radical (unpaired) electrons. The summed E-state index contributed by atoms with van der Waals surface area (Å²) in [5, 5.41) is 0. The highest BCUT2D eigenvalue weighted by atomic mass is 16.5. The summed E-state index contributed by atoms with van der Waals surface area (Å²) in [6.45, 7) is 0.462. The molecule has 0 aliphatic rings. The lowest BCUT2D eigenvalue weighted by atomic mass is 10.3. The van der Waals surface area contributed by atoms with E-state index in [1.54, 1.807) is 24.5 Å². The lowest BCUT2D eigenvalue weighted by Gasteiger charge is -2.06. The molecule has 82 valence electrons. The number of anilines is 1. The molecule has 0 saturated heterocycles. The number of nitrogens with zero attached hydrogens (tertiary/aromatic N) is 2. The van der Waals surface area contributed by atoms with Crippen molar-refractivity contribution in [2.24, 2.45) is 5.84 Å². The summed E-state index contributed by atoms with van der Waals surface area (Å²) >= 11 is 0. The molecule has 0 unspecified atom stereocenters. The van der Waals surface area contributed by atoms with Gasteiger partial charge in [0.2, 0.25) is 5.88 Å². The summed E-state index contributed by atoms with van der Waals surface area (Å²) in [5.74, 6) is 6.36. The van der Waals surface area contributed by atoms with Crippen LogP contribution in [0.5, 0.6) is 5.88 Å². The van der Waals surface area contributed by atoms with E-state index in [0.29, 0.717) is 18.3 Å². The van der Waals surface area contributed by atoms with Gasteiger partial charge in [-0.3, -0.25) is 4.98 Å². The van der Waals surface area contributed by atoms with Gasteiger partial charge in [-0.15, -0.1) is 0 Å². The Morgan fingerprint density at radius 1 is 1.19 bits per heavy atom. The summed E-state index contributed by atoms with van der Waals surface area (Å²) in [5.41, 5.74) is 3.51. The van der Waals surface area contributed by atoms with Gasteiger partial charge in [-0.05, 0) is 23.8 Å². The summed E-state index contributed by atoms with van der Waals surface area (Å²) in [4.78, 5) is 8.06. The molecule has 0 aliphatic heterocycles. The smallest absolute Gasteiger partial charge is 0.215 e. The van der Waals surface area contributed by atoms with Crippen molar-refractivity contribution >= 4 is 5.82 Å². The zero-order valence-corrected chi connectivity index (χ0v) is 8.63. The number of nitrogens with one attached hydrogen (secondary N) is 1. The Hall–Kier alpha value is -2.14. The van der Waals surface area contributed by atoms with Crippen LogP contribution in [0.2, 0.25) is 0 Å². The summed E-state index contributed by atoms with van der Waals surface area (Å²) in [7, 11) is 0. The molecule has 0 aliphatic carbocycles. The highest BCUT2D eigenvalue weighted by Gasteiger charge is 1.98. The van der Waals surface area contributed by atoms with Gasteiger partial charge >= 0.3 is 0 Å². The van der Waals surface area contributed by atoms with Crippen molar-refractivity contribution in [2.45, 2.75) is 6.61 Å². The first-order valence-corrected chi connectivity index (χ1v) is 4.84. The maximum Gasteiger partial charge on any atom is 0.215 e. The number of nitrogens with two attached hydrogens (primary N) is 1. The molecule has 0 bridgehead atoms. The van der Waals surface area contributed by atoms with E-state index in [1.807, 2.05) is 18.2 Å². The Labute approximate surface area is 93.3 Å². The van der Waals surface area contributed by atoms with Crippen LogP contribution in [0.1, 0.15) is 5.56 Å². The average Bonchev–Trinajstić information content (AvgIpc) is 2.38. The van der Waals surface area contributed by atoms with E-state index < -0.39 is 0 Å². The van der Waals surface area contributed by atoms with Gasteiger partial charge in [0.1, 0.15) is 12.4 Å². The maximum absolute atomic E-state index is 5.50. The molecule has 2 aromatic heterocycles. The second-order valence-electron chi connectivity index (χ2n) is 3.15. The Morgan fingerprint density at radius 2 is 2.00 bits per heavy atom. The normalized spacial score (nSPS) is 9.81. The maximum atomic E-state index is 5.50. The SMILES string of the molecule is NNc1cccc(OCc2ccncc2)n1. The van der Waals surface area contributed by atoms with Crippen LogP contribution in [0.4, 0.5) is 5.82 Å². The van der Waals surface area contributed by atoms with Gasteiger partial charge in [0.05, 0.1) is 0 Å². The van der Waals surface area contributed by atoms with Crippen LogP contribution in [0.25, 0.3) is 0 Å². The molecule has 0 aromatic carbocycles. The molecule has 3 N–H and O–H groups in total. The molecule has 5 heteroatoms. The fourth-order valence-electron chi connectivity index (χ4n) is 1.21. The minimum atomic E-state index is 0.462. The van der Waals surface area contributed by atoms with Gasteiger partial charge in [-0.25, -0.2) is 5.84 Å². The highest BCUT2D eigenvalue weighted by molar-refractivity contribution is 5.35. The molecule has 2 rings (SSSR count). The first-order valence-electron chi connectivity index (χ1n) is 4.84. The fourth-order valence-corrected chi connectivity index (χ4v) is 1.21. The number of hydrogen-bond acceptors (Lipinski definition) is 5. The van der Waals surface area contributed by atoms with Gasteiger partial charge in [0.25, 0.3) is 0 Å². The number of aromatic nitrogens is 2. The molecule has 0 amide bonds. The van der Waals surface area contributed by atoms with E-state index in [9.17, 15) is 0 Å². The van der Waals surface area contributed by atoms with Crippen LogP contribution >= 0.6 is 0 Å². The quantitative estimate of drug-likeness (QED) is 0.596. The average molecular weight is 216 g/mol. The minimum Gasteiger partial charge on any atom is -0.473 e. The topological polar surface area (TPSA) is 73.1 Å². The van der Waals surface area contributed by atoms with Crippen LogP contribution < -0.4 is 16.0 Å². The third-order valence-corrected chi connectivity index (χ3v) is 2.01. The van der Waals surface area contributed by atoms with Crippen molar-refractivity contribution in [2.75, 3.05) is 5.43 Å². The molecule has 5 nitrogen and oxygen atoms in total. The van der Waals surface area contributed by atoms with Gasteiger partial charge in [-0.2, -0.15) is 4.98 Å². The molecular formula is C11H12N4O. The van der Waals surface area contributed by atoms with Crippen molar-refractivity contribution in [3.8, 4) is 5.88 Å². The third-order valence-electron chi connectivity index (χ3n) is 2.01. The van der Waals surface area contributed by atoms with Crippen LogP contribution in [-0.4, -0.2) is 9.97 Å². The number of hydrazine groups is 1. The van der Waals surface area contributed by atoms with Crippen LogP contribution in [0.3, 0.4) is 0 Å². The summed E-state index contributed by atoms with van der Waals surface area (Å²) < 4.78 is 5.50. The van der Waals surface area contributed by atoms with Crippen molar-refractivity contribution in [3.63, 3.8) is 0 Å². The van der Waals surface area contributed by atoms with Crippen molar-refractivity contribution < 1.29 is 4.74 Å². The number of pyridine rings is 2. The van der Waals surface area contributed by atoms with E-state index in [-0.39, 0.29) is 0 Å². The zero-order valence-electron chi connectivity index (χ0n) is 8.63. The number of ether oxygens (including phenoxy) is 1. The standard InChI is InChI=1S/C11H12N4O/c12-15-10-2-1-3-11(14-10)16-8-9-4-6-13-7-5-9/h1-7H,8,12H2,(H,14,15). The minimum absolute atomic E-state index is 0.462. The number of rotatable bonds is 4. The fraction of sp³-hybridized carbons (Fsp3) is 0.0909. The van der Waals surface area contributed by atoms with Gasteiger partial charge in [0.15, 0.2) is 0 Å². The van der Waals surface area contributed by atoms with Gasteiger partial charge in [-0.1, -0.05) is 6.07 Å². The van der Waals surface area contributed by atoms with E-state index in [1.165, 1.54) is 0 Å². The van der Waals surface area contributed by atoms with E-state index in [4.69, 9.17) is 10.6 Å². The van der Waals surface area contributed by atoms with Crippen LogP contribution in [-0.2, 0) is 6.61 Å². The highest BCUT2D eigenvalue weighted by Crippen LogP contribution is 2.12. The first kappa shape index (κ1) is 10.4. The van der Waals surface area contributed by atoms with E-state index in [0.717, 1.165) is 5.56 Å². The third kappa shape index (κ3) is 2.68. The lowest BCUT2D eigenvalue weighted by molar-refractivity contribution is 0.294. The molecule has 2 heterocycles. The second kappa shape index (κ2) is 5.09. The largest absolute Gasteiger partial charge is 0.473 e. The molecule has 16 heavy (non-hydrogen) atoms. The molecular weight excluding hydrogens is 204 g/mol. The molecule has 0 saturated carbocycles. The molecule has 0 fully saturated rings. The summed E-state index contributed by atoms with van der Waals surface area (Å²) in [6.07, 6.45) is 3.45. The van der Waals surface area contributed by atoms with Crippen molar-refractivity contribution in [1.82, 2.24) is 9.97 Å². The second-order valence-corrected chi connectivity index (χ2v) is 3.15. The van der Waals surface area contributed by atoms with E-state index >= 15 is 0 Å². The van der Waals surface area contributed by atoms with E-state index in [2.05, 4.69) is 15.4 Å². The Balaban J connectivity index is 1.99. The lowest BCUT2D eigenvalue weighted by Crippen LogP contribution is -2.08. The molecule has 2 aromatic rings. The van der Waals surface area contributed by atoms with Crippen molar-refractivity contribution in [3.05, 3.63) is 48.3 Å². The van der Waals surface area contributed by atoms with Gasteiger partial charge < -0.3 is 10.2 Å². The van der Waals surface area contributed by atoms with Crippen LogP contribution in [0.15, 0.2) is 42.7 Å². The first-order chi connectivity index (χ1) is 7.88. The Bertz CT molecular complexity index is 447. The Kier molecular flexibility index (Phi) is 3.30. The number of hydrogen-bond donors (Lipinski definition) is 2. The number of nitrogen functional groups attached to an aromatic ring is 1. The zero-order chi connectivity index (χ0) is 11.2. The van der Waals surface area contributed by atoms with Crippen LogP contribution in [0, 0.1) is 0 Å². The van der Waals surface area contributed by atoms with Gasteiger partial charge in [0, 0.05) is 18.5 Å². The monoisotopic (exact) mass is 216 g/mol. The predicted octanol–water partition coefficient (Wildman–Crippen LogP) is 1.34. The summed E-state index contributed by atoms with van der Waals surface area (Å²) in [6, 6.07) is 9.15. The molecule has 0 spiro atoms.